The van der Waals surface area contributed by atoms with Gasteiger partial charge in [-0.15, -0.1) is 0 Å². The highest BCUT2D eigenvalue weighted by molar-refractivity contribution is 5.22. The Labute approximate surface area is 393 Å². The molecule has 19 nitrogen and oxygen atoms in total. The van der Waals surface area contributed by atoms with Gasteiger partial charge in [0.25, 0.3) is 0 Å². The molecule has 7 aliphatic rings. The number of aliphatic hydroxyl groups excluding tert-OH is 13. The molecule has 388 valence electrons. The third-order valence-corrected chi connectivity index (χ3v) is 18.7. The van der Waals surface area contributed by atoms with Crippen LogP contribution in [0.15, 0.2) is 11.6 Å². The van der Waals surface area contributed by atoms with E-state index in [2.05, 4.69) is 26.8 Å². The molecule has 3 saturated heterocycles. The minimum atomic E-state index is -1.86. The second-order valence-corrected chi connectivity index (χ2v) is 23.1. The molecule has 7 fully saturated rings. The molecule has 0 amide bonds. The molecule has 0 aromatic heterocycles. The van der Waals surface area contributed by atoms with E-state index < -0.39 is 163 Å². The fraction of sp³-hybridized carbons (Fsp3) is 0.958. The minimum absolute atomic E-state index is 0.110. The Balaban J connectivity index is 1.27. The van der Waals surface area contributed by atoms with E-state index >= 15 is 0 Å². The number of aliphatic hydroxyl groups is 13. The van der Waals surface area contributed by atoms with Crippen molar-refractivity contribution in [2.75, 3.05) is 19.8 Å². The van der Waals surface area contributed by atoms with Gasteiger partial charge in [-0.2, -0.15) is 0 Å². The molecule has 4 aliphatic carbocycles. The predicted octanol–water partition coefficient (Wildman–Crippen LogP) is -1.06. The highest BCUT2D eigenvalue weighted by atomic mass is 16.8. The Morgan fingerprint density at radius 1 is 0.642 bits per heavy atom. The maximum atomic E-state index is 12.7. The summed E-state index contributed by atoms with van der Waals surface area (Å²) < 4.78 is 37.9. The molecule has 4 saturated carbocycles. The molecular weight excluding hydrogens is 881 g/mol. The first-order valence-corrected chi connectivity index (χ1v) is 24.5. The Bertz CT molecular complexity index is 1710. The summed E-state index contributed by atoms with van der Waals surface area (Å²) in [6.07, 6.45) is -20.0. The summed E-state index contributed by atoms with van der Waals surface area (Å²) in [5.74, 6) is -1.22. The van der Waals surface area contributed by atoms with Gasteiger partial charge in [0, 0.05) is 0 Å². The molecule has 7 rings (SSSR count). The Morgan fingerprint density at radius 2 is 1.18 bits per heavy atom. The fourth-order valence-corrected chi connectivity index (χ4v) is 14.9. The monoisotopic (exact) mass is 963 g/mol. The zero-order valence-corrected chi connectivity index (χ0v) is 40.3. The lowest BCUT2D eigenvalue weighted by molar-refractivity contribution is -0.383. The summed E-state index contributed by atoms with van der Waals surface area (Å²) in [6.45, 7) is 14.4. The SMILES string of the molecule is CC(C)=CCC[C@](C)(O[C@@H]1O[C@H](CO)[C@@H](O)[C@H](O)[C@H]1O)[C@H]1CC[C@]2(C)[C@@H]1[C@H](O)C[C@@H]1[C@@]3(C)CC[C@H](O)C(C)(C)[C@H]3[C@@H](O[C@@H]3O[C@H](CO)[C@@H](O)[C@H](O)[C@H]3O[C@H]3O[C@H](CO)[C@@H](O)[C@H](O)[C@H]3O)C[C@]12C. The van der Waals surface area contributed by atoms with Gasteiger partial charge in [0.05, 0.1) is 43.7 Å². The molecule has 0 aromatic carbocycles. The third-order valence-electron chi connectivity index (χ3n) is 18.7. The van der Waals surface area contributed by atoms with Crippen molar-refractivity contribution in [3.63, 3.8) is 0 Å². The Morgan fingerprint density at radius 3 is 1.75 bits per heavy atom. The van der Waals surface area contributed by atoms with Gasteiger partial charge in [-0.1, -0.05) is 46.3 Å². The fourth-order valence-electron chi connectivity index (χ4n) is 14.9. The van der Waals surface area contributed by atoms with Crippen LogP contribution >= 0.6 is 0 Å². The standard InChI is InChI=1S/C48H82O19/c1-21(2)10-9-13-48(8,67-42-38(61)35(58)32(55)26(19-50)64-42)22-11-15-46(6)30(22)23(52)16-28-45(5)14-12-29(53)44(3,4)40(45)24(17-47(28,46)7)62-43-39(36(59)33(56)27(20-51)65-43)66-41-37(60)34(57)31(54)25(18-49)63-41/h10,22-43,49-61H,9,11-20H2,1-8H3/t22-,23+,24-,25+,26+,27+,28+,29-,30-,31+,32+,33+,34-,35-,36-,37+,38+,39+,40+,41+,42-,43+,45+,46+,47+,48-/m0/s1. The van der Waals surface area contributed by atoms with E-state index in [-0.39, 0.29) is 17.8 Å². The van der Waals surface area contributed by atoms with Crippen LogP contribution < -0.4 is 0 Å². The van der Waals surface area contributed by atoms with Crippen LogP contribution in [-0.4, -0.2) is 202 Å². The molecule has 0 spiro atoms. The summed E-state index contributed by atoms with van der Waals surface area (Å²) >= 11 is 0. The zero-order chi connectivity index (χ0) is 49.5. The van der Waals surface area contributed by atoms with Crippen molar-refractivity contribution in [1.82, 2.24) is 0 Å². The number of hydrogen-bond acceptors (Lipinski definition) is 19. The molecule has 19 heteroatoms. The second kappa shape index (κ2) is 19.8. The van der Waals surface area contributed by atoms with Crippen LogP contribution in [0.3, 0.4) is 0 Å². The number of ether oxygens (including phenoxy) is 6. The molecule has 0 bridgehead atoms. The minimum Gasteiger partial charge on any atom is -0.394 e. The third kappa shape index (κ3) is 9.03. The lowest BCUT2D eigenvalue weighted by Crippen LogP contribution is -2.71. The maximum Gasteiger partial charge on any atom is 0.187 e. The number of rotatable bonds is 13. The van der Waals surface area contributed by atoms with Crippen LogP contribution in [-0.2, 0) is 28.4 Å². The van der Waals surface area contributed by atoms with Crippen LogP contribution in [0.1, 0.15) is 107 Å². The van der Waals surface area contributed by atoms with Crippen LogP contribution in [0.25, 0.3) is 0 Å². The van der Waals surface area contributed by atoms with E-state index in [9.17, 15) is 66.4 Å². The van der Waals surface area contributed by atoms with Gasteiger partial charge in [-0.05, 0) is 117 Å². The van der Waals surface area contributed by atoms with Crippen LogP contribution in [0.2, 0.25) is 0 Å². The largest absolute Gasteiger partial charge is 0.394 e. The Hall–Kier alpha value is -1.02. The number of hydrogen-bond donors (Lipinski definition) is 13. The average molecular weight is 963 g/mol. The average Bonchev–Trinajstić information content (AvgIpc) is 3.66. The zero-order valence-electron chi connectivity index (χ0n) is 40.3. The van der Waals surface area contributed by atoms with Crippen LogP contribution in [0.4, 0.5) is 0 Å². The van der Waals surface area contributed by atoms with Gasteiger partial charge in [0.15, 0.2) is 18.9 Å². The lowest BCUT2D eigenvalue weighted by atomic mass is 9.34. The van der Waals surface area contributed by atoms with Crippen molar-refractivity contribution in [3.05, 3.63) is 11.6 Å². The summed E-state index contributed by atoms with van der Waals surface area (Å²) in [5, 5.41) is 142. The topological polar surface area (TPSA) is 318 Å². The lowest BCUT2D eigenvalue weighted by Gasteiger charge is -2.72. The smallest absolute Gasteiger partial charge is 0.187 e. The van der Waals surface area contributed by atoms with Gasteiger partial charge in [-0.25, -0.2) is 0 Å². The van der Waals surface area contributed by atoms with Crippen LogP contribution in [0.5, 0.6) is 0 Å². The van der Waals surface area contributed by atoms with E-state index in [0.29, 0.717) is 51.4 Å². The van der Waals surface area contributed by atoms with Gasteiger partial charge >= 0.3 is 0 Å². The molecular formula is C48H82O19. The van der Waals surface area contributed by atoms with Crippen molar-refractivity contribution in [2.45, 2.75) is 223 Å². The van der Waals surface area contributed by atoms with Crippen LogP contribution in [0, 0.1) is 45.3 Å². The highest BCUT2D eigenvalue weighted by Gasteiger charge is 2.74. The molecule has 0 unspecified atom stereocenters. The predicted molar refractivity (Wildman–Crippen MR) is 235 cm³/mol. The molecule has 0 radical (unpaired) electrons. The van der Waals surface area contributed by atoms with E-state index in [1.165, 1.54) is 0 Å². The molecule has 13 N–H and O–H groups in total. The van der Waals surface area contributed by atoms with Crippen molar-refractivity contribution in [3.8, 4) is 0 Å². The quantitative estimate of drug-likeness (QED) is 0.0773. The van der Waals surface area contributed by atoms with E-state index in [1.807, 2.05) is 34.6 Å². The molecule has 3 aliphatic heterocycles. The van der Waals surface area contributed by atoms with Crippen molar-refractivity contribution < 1.29 is 94.8 Å². The highest BCUT2D eigenvalue weighted by Crippen LogP contribution is 2.76. The summed E-state index contributed by atoms with van der Waals surface area (Å²) in [5.41, 5.74) is -2.56. The number of fused-ring (bicyclic) bond motifs is 5. The summed E-state index contributed by atoms with van der Waals surface area (Å²) in [7, 11) is 0. The van der Waals surface area contributed by atoms with E-state index in [0.717, 1.165) is 5.57 Å². The molecule has 26 atom stereocenters. The maximum absolute atomic E-state index is 12.7. The number of allylic oxidation sites excluding steroid dienone is 2. The normalized spacial score (nSPS) is 52.9. The van der Waals surface area contributed by atoms with Gasteiger partial charge in [0.1, 0.15) is 73.2 Å². The van der Waals surface area contributed by atoms with Crippen molar-refractivity contribution in [1.29, 1.82) is 0 Å². The summed E-state index contributed by atoms with van der Waals surface area (Å²) in [6, 6.07) is 0. The first-order chi connectivity index (χ1) is 31.3. The van der Waals surface area contributed by atoms with Crippen molar-refractivity contribution in [2.24, 2.45) is 45.3 Å². The molecule has 0 aromatic rings. The first-order valence-electron chi connectivity index (χ1n) is 24.5. The molecule has 67 heavy (non-hydrogen) atoms. The van der Waals surface area contributed by atoms with E-state index in [1.54, 1.807) is 0 Å². The van der Waals surface area contributed by atoms with Gasteiger partial charge in [-0.3, -0.25) is 0 Å². The van der Waals surface area contributed by atoms with Gasteiger partial charge in [0.2, 0.25) is 0 Å². The van der Waals surface area contributed by atoms with Gasteiger partial charge < -0.3 is 94.8 Å². The summed E-state index contributed by atoms with van der Waals surface area (Å²) in [4.78, 5) is 0. The Kier molecular flexibility index (Phi) is 15.9. The van der Waals surface area contributed by atoms with Crippen molar-refractivity contribution >= 4 is 0 Å². The molecule has 3 heterocycles. The first kappa shape index (κ1) is 53.8. The second-order valence-electron chi connectivity index (χ2n) is 23.1. The van der Waals surface area contributed by atoms with E-state index in [4.69, 9.17) is 28.4 Å².